The maximum absolute atomic E-state index is 4.75. The average molecular weight is 220 g/mol. The third-order valence-corrected chi connectivity index (χ3v) is 3.67. The molecule has 0 saturated carbocycles. The minimum Gasteiger partial charge on any atom is -0.370 e. The molecule has 1 aromatic rings. The molecular weight excluding hydrogens is 200 g/mol. The normalized spacial score (nSPS) is 26.2. The molecular formula is C12H20N4. The van der Waals surface area contributed by atoms with Crippen LogP contribution in [0.1, 0.15) is 31.4 Å². The lowest BCUT2D eigenvalue weighted by atomic mass is 9.95. The number of nitrogens with one attached hydrogen (secondary N) is 2. The summed E-state index contributed by atoms with van der Waals surface area (Å²) >= 11 is 0. The predicted molar refractivity (Wildman–Crippen MR) is 64.7 cm³/mol. The lowest BCUT2D eigenvalue weighted by molar-refractivity contribution is 0.423. The Morgan fingerprint density at radius 3 is 3.00 bits per heavy atom. The van der Waals surface area contributed by atoms with E-state index in [0.29, 0.717) is 11.8 Å². The van der Waals surface area contributed by atoms with Gasteiger partial charge in [-0.3, -0.25) is 0 Å². The number of hydrogen-bond donors (Lipinski definition) is 2. The van der Waals surface area contributed by atoms with E-state index in [-0.39, 0.29) is 0 Å². The first kappa shape index (κ1) is 10.1. The number of fused-ring (bicyclic) bond motifs is 1. The maximum atomic E-state index is 4.75. The second-order valence-electron chi connectivity index (χ2n) is 5.15. The Labute approximate surface area is 96.4 Å². The Morgan fingerprint density at radius 2 is 2.19 bits per heavy atom. The quantitative estimate of drug-likeness (QED) is 0.752. The number of piperidine rings is 1. The van der Waals surface area contributed by atoms with E-state index in [1.807, 2.05) is 0 Å². The molecule has 4 heteroatoms. The van der Waals surface area contributed by atoms with Crippen LogP contribution in [0.15, 0.2) is 6.07 Å². The fourth-order valence-corrected chi connectivity index (χ4v) is 2.67. The highest BCUT2D eigenvalue weighted by Crippen LogP contribution is 2.28. The van der Waals surface area contributed by atoms with E-state index in [4.69, 9.17) is 5.10 Å². The second kappa shape index (κ2) is 4.09. The first-order valence-electron chi connectivity index (χ1n) is 6.35. The van der Waals surface area contributed by atoms with Gasteiger partial charge in [-0.05, 0) is 31.8 Å². The van der Waals surface area contributed by atoms with E-state index in [2.05, 4.69) is 28.3 Å². The zero-order valence-corrected chi connectivity index (χ0v) is 9.87. The number of aromatic nitrogens is 2. The van der Waals surface area contributed by atoms with Gasteiger partial charge in [0.05, 0.1) is 5.69 Å². The van der Waals surface area contributed by atoms with Crippen LogP contribution in [0.3, 0.4) is 0 Å². The SMILES string of the molecule is CC1CNc2cc(C3CCNCC3)nn2C1. The van der Waals surface area contributed by atoms with Crippen molar-refractivity contribution in [1.82, 2.24) is 15.1 Å². The molecule has 3 rings (SSSR count). The molecule has 4 nitrogen and oxygen atoms in total. The summed E-state index contributed by atoms with van der Waals surface area (Å²) < 4.78 is 2.14. The van der Waals surface area contributed by atoms with Gasteiger partial charge < -0.3 is 10.6 Å². The van der Waals surface area contributed by atoms with Crippen molar-refractivity contribution < 1.29 is 0 Å². The summed E-state index contributed by atoms with van der Waals surface area (Å²) in [6.45, 7) is 6.68. The van der Waals surface area contributed by atoms with E-state index in [9.17, 15) is 0 Å². The van der Waals surface area contributed by atoms with Gasteiger partial charge in [0.1, 0.15) is 5.82 Å². The number of hydrogen-bond acceptors (Lipinski definition) is 3. The van der Waals surface area contributed by atoms with Gasteiger partial charge in [-0.1, -0.05) is 6.92 Å². The topological polar surface area (TPSA) is 41.9 Å². The van der Waals surface area contributed by atoms with Crippen molar-refractivity contribution in [2.45, 2.75) is 32.2 Å². The average Bonchev–Trinajstić information content (AvgIpc) is 2.73. The Balaban J connectivity index is 1.80. The van der Waals surface area contributed by atoms with Gasteiger partial charge >= 0.3 is 0 Å². The molecule has 0 amide bonds. The van der Waals surface area contributed by atoms with Crippen molar-refractivity contribution >= 4 is 5.82 Å². The molecule has 1 atom stereocenters. The third kappa shape index (κ3) is 1.82. The lowest BCUT2D eigenvalue weighted by Crippen LogP contribution is -2.27. The molecule has 0 bridgehead atoms. The third-order valence-electron chi connectivity index (χ3n) is 3.67. The van der Waals surface area contributed by atoms with E-state index in [0.717, 1.165) is 26.2 Å². The summed E-state index contributed by atoms with van der Waals surface area (Å²) in [4.78, 5) is 0. The smallest absolute Gasteiger partial charge is 0.124 e. The van der Waals surface area contributed by atoms with Gasteiger partial charge in [0.2, 0.25) is 0 Å². The summed E-state index contributed by atoms with van der Waals surface area (Å²) in [5.74, 6) is 2.57. The zero-order chi connectivity index (χ0) is 11.0. The first-order valence-corrected chi connectivity index (χ1v) is 6.35. The molecule has 88 valence electrons. The van der Waals surface area contributed by atoms with Crippen LogP contribution in [0.4, 0.5) is 5.82 Å². The molecule has 3 heterocycles. The fraction of sp³-hybridized carbons (Fsp3) is 0.750. The molecule has 1 aromatic heterocycles. The second-order valence-corrected chi connectivity index (χ2v) is 5.15. The van der Waals surface area contributed by atoms with Crippen LogP contribution in [-0.4, -0.2) is 29.4 Å². The standard InChI is InChI=1S/C12H20N4/c1-9-7-14-12-6-11(15-16(12)8-9)10-2-4-13-5-3-10/h6,9-10,13-14H,2-5,7-8H2,1H3. The van der Waals surface area contributed by atoms with Gasteiger partial charge in [0.25, 0.3) is 0 Å². The first-order chi connectivity index (χ1) is 7.83. The van der Waals surface area contributed by atoms with Crippen molar-refractivity contribution in [3.63, 3.8) is 0 Å². The molecule has 16 heavy (non-hydrogen) atoms. The minimum atomic E-state index is 0.663. The summed E-state index contributed by atoms with van der Waals surface area (Å²) in [5.41, 5.74) is 1.29. The molecule has 2 aliphatic heterocycles. The van der Waals surface area contributed by atoms with E-state index in [1.54, 1.807) is 0 Å². The molecule has 0 spiro atoms. The van der Waals surface area contributed by atoms with Gasteiger partial charge in [0, 0.05) is 25.1 Å². The summed E-state index contributed by atoms with van der Waals surface area (Å²) in [6, 6.07) is 2.25. The molecule has 2 aliphatic rings. The van der Waals surface area contributed by atoms with E-state index < -0.39 is 0 Å². The largest absolute Gasteiger partial charge is 0.370 e. The van der Waals surface area contributed by atoms with Gasteiger partial charge in [-0.2, -0.15) is 5.10 Å². The van der Waals surface area contributed by atoms with Crippen LogP contribution >= 0.6 is 0 Å². The molecule has 1 fully saturated rings. The zero-order valence-electron chi connectivity index (χ0n) is 9.87. The minimum absolute atomic E-state index is 0.663. The summed E-state index contributed by atoms with van der Waals surface area (Å²) in [5, 5.41) is 11.6. The molecule has 1 unspecified atom stereocenters. The summed E-state index contributed by atoms with van der Waals surface area (Å²) in [6.07, 6.45) is 2.46. The van der Waals surface area contributed by atoms with E-state index >= 15 is 0 Å². The Hall–Kier alpha value is -1.03. The Bertz CT molecular complexity index is 365. The molecule has 0 aliphatic carbocycles. The van der Waals surface area contributed by atoms with E-state index in [1.165, 1.54) is 24.4 Å². The number of anilines is 1. The van der Waals surface area contributed by atoms with Crippen LogP contribution in [-0.2, 0) is 6.54 Å². The molecule has 0 radical (unpaired) electrons. The van der Waals surface area contributed by atoms with Gasteiger partial charge in [0.15, 0.2) is 0 Å². The Kier molecular flexibility index (Phi) is 2.59. The number of nitrogens with zero attached hydrogens (tertiary/aromatic N) is 2. The van der Waals surface area contributed by atoms with Crippen molar-refractivity contribution in [3.8, 4) is 0 Å². The maximum Gasteiger partial charge on any atom is 0.124 e. The molecule has 0 aromatic carbocycles. The van der Waals surface area contributed by atoms with Crippen LogP contribution in [0.2, 0.25) is 0 Å². The van der Waals surface area contributed by atoms with Crippen LogP contribution in [0.5, 0.6) is 0 Å². The molecule has 2 N–H and O–H groups in total. The van der Waals surface area contributed by atoms with Crippen LogP contribution < -0.4 is 10.6 Å². The van der Waals surface area contributed by atoms with Crippen molar-refractivity contribution in [2.75, 3.05) is 25.0 Å². The Morgan fingerprint density at radius 1 is 1.38 bits per heavy atom. The molecule has 1 saturated heterocycles. The number of rotatable bonds is 1. The van der Waals surface area contributed by atoms with Gasteiger partial charge in [-0.25, -0.2) is 4.68 Å². The van der Waals surface area contributed by atoms with Gasteiger partial charge in [-0.15, -0.1) is 0 Å². The lowest BCUT2D eigenvalue weighted by Gasteiger charge is -2.21. The predicted octanol–water partition coefficient (Wildman–Crippen LogP) is 1.41. The highest BCUT2D eigenvalue weighted by atomic mass is 15.3. The van der Waals surface area contributed by atoms with Crippen LogP contribution in [0, 0.1) is 5.92 Å². The highest BCUT2D eigenvalue weighted by molar-refractivity contribution is 5.39. The van der Waals surface area contributed by atoms with Crippen LogP contribution in [0.25, 0.3) is 0 Å². The fourth-order valence-electron chi connectivity index (χ4n) is 2.67. The van der Waals surface area contributed by atoms with Crippen molar-refractivity contribution in [1.29, 1.82) is 0 Å². The summed E-state index contributed by atoms with van der Waals surface area (Å²) in [7, 11) is 0. The van der Waals surface area contributed by atoms with Crippen molar-refractivity contribution in [3.05, 3.63) is 11.8 Å². The monoisotopic (exact) mass is 220 g/mol. The van der Waals surface area contributed by atoms with Crippen molar-refractivity contribution in [2.24, 2.45) is 5.92 Å². The highest BCUT2D eigenvalue weighted by Gasteiger charge is 2.22.